The van der Waals surface area contributed by atoms with Gasteiger partial charge in [0.05, 0.1) is 23.0 Å². The Morgan fingerprint density at radius 2 is 2.21 bits per heavy atom. The van der Waals surface area contributed by atoms with Gasteiger partial charge in [-0.1, -0.05) is 23.7 Å². The van der Waals surface area contributed by atoms with Crippen LogP contribution in [0.15, 0.2) is 58.0 Å². The first-order valence-electron chi connectivity index (χ1n) is 9.09. The van der Waals surface area contributed by atoms with Gasteiger partial charge in [-0.25, -0.2) is 0 Å². The molecule has 4 heterocycles. The Bertz CT molecular complexity index is 1110. The Hall–Kier alpha value is -1.93. The lowest BCUT2D eigenvalue weighted by molar-refractivity contribution is 0.0953. The third-order valence-electron chi connectivity index (χ3n) is 4.73. The van der Waals surface area contributed by atoms with Crippen LogP contribution >= 0.6 is 34.7 Å². The summed E-state index contributed by atoms with van der Waals surface area (Å²) in [6, 6.07) is 11.9. The standard InChI is InChI=1S/C20H17ClN4OS2/c21-13-5-6-15-16(11-13)22-8-7-17(15)28-20-24-23-19(18-4-2-10-27-18)25(20)12-14-3-1-9-26-14/h2,4-8,10-11,14H,1,3,9,12H2/t14-/m0/s1. The maximum atomic E-state index is 6.13. The molecule has 28 heavy (non-hydrogen) atoms. The lowest BCUT2D eigenvalue weighted by Gasteiger charge is -2.14. The van der Waals surface area contributed by atoms with Crippen molar-refractivity contribution in [3.8, 4) is 10.7 Å². The van der Waals surface area contributed by atoms with Crippen molar-refractivity contribution in [1.29, 1.82) is 0 Å². The molecule has 1 fully saturated rings. The monoisotopic (exact) mass is 428 g/mol. The molecule has 0 unspecified atom stereocenters. The Morgan fingerprint density at radius 1 is 1.25 bits per heavy atom. The summed E-state index contributed by atoms with van der Waals surface area (Å²) < 4.78 is 8.07. The highest BCUT2D eigenvalue weighted by molar-refractivity contribution is 7.99. The van der Waals surface area contributed by atoms with Crippen LogP contribution in [-0.4, -0.2) is 32.5 Å². The number of benzene rings is 1. The average Bonchev–Trinajstić information content (AvgIpc) is 3.45. The number of hydrogen-bond acceptors (Lipinski definition) is 6. The Labute approximate surface area is 175 Å². The molecule has 142 valence electrons. The molecule has 0 spiro atoms. The van der Waals surface area contributed by atoms with Crippen LogP contribution in [0.1, 0.15) is 12.8 Å². The Balaban J connectivity index is 1.55. The first-order chi connectivity index (χ1) is 13.8. The summed E-state index contributed by atoms with van der Waals surface area (Å²) in [6.07, 6.45) is 4.20. The van der Waals surface area contributed by atoms with Crippen LogP contribution in [-0.2, 0) is 11.3 Å². The van der Waals surface area contributed by atoms with E-state index in [0.717, 1.165) is 57.6 Å². The van der Waals surface area contributed by atoms with E-state index in [4.69, 9.17) is 16.3 Å². The van der Waals surface area contributed by atoms with Gasteiger partial charge in [0, 0.05) is 28.1 Å². The van der Waals surface area contributed by atoms with Crippen molar-refractivity contribution in [3.05, 3.63) is 53.0 Å². The van der Waals surface area contributed by atoms with Gasteiger partial charge in [0.2, 0.25) is 0 Å². The number of halogens is 1. The van der Waals surface area contributed by atoms with E-state index in [1.165, 1.54) is 0 Å². The summed E-state index contributed by atoms with van der Waals surface area (Å²) in [5, 5.41) is 13.7. The molecule has 1 aliphatic heterocycles. The van der Waals surface area contributed by atoms with Crippen LogP contribution in [0.4, 0.5) is 0 Å². The Kier molecular flexibility index (Phi) is 5.07. The summed E-state index contributed by atoms with van der Waals surface area (Å²) in [4.78, 5) is 6.64. The molecule has 1 atom stereocenters. The Morgan fingerprint density at radius 3 is 3.04 bits per heavy atom. The molecule has 0 N–H and O–H groups in total. The maximum Gasteiger partial charge on any atom is 0.196 e. The van der Waals surface area contributed by atoms with Crippen molar-refractivity contribution in [2.24, 2.45) is 0 Å². The van der Waals surface area contributed by atoms with Gasteiger partial charge in [-0.15, -0.1) is 21.5 Å². The number of thiophene rings is 1. The van der Waals surface area contributed by atoms with Crippen molar-refractivity contribution >= 4 is 45.6 Å². The molecule has 8 heteroatoms. The van der Waals surface area contributed by atoms with Crippen LogP contribution in [0.5, 0.6) is 0 Å². The van der Waals surface area contributed by atoms with Gasteiger partial charge in [0.15, 0.2) is 11.0 Å². The summed E-state index contributed by atoms with van der Waals surface area (Å²) in [7, 11) is 0. The van der Waals surface area contributed by atoms with Gasteiger partial charge >= 0.3 is 0 Å². The van der Waals surface area contributed by atoms with Crippen LogP contribution in [0.3, 0.4) is 0 Å². The summed E-state index contributed by atoms with van der Waals surface area (Å²) in [6.45, 7) is 1.59. The molecule has 4 aromatic rings. The summed E-state index contributed by atoms with van der Waals surface area (Å²) in [5.41, 5.74) is 0.876. The lowest BCUT2D eigenvalue weighted by atomic mass is 10.2. The summed E-state index contributed by atoms with van der Waals surface area (Å²) in [5.74, 6) is 0.898. The van der Waals surface area contributed by atoms with E-state index in [0.29, 0.717) is 5.02 Å². The maximum absolute atomic E-state index is 6.13. The normalized spacial score (nSPS) is 16.8. The van der Waals surface area contributed by atoms with E-state index in [-0.39, 0.29) is 6.10 Å². The van der Waals surface area contributed by atoms with Crippen LogP contribution < -0.4 is 0 Å². The average molecular weight is 429 g/mol. The number of pyridine rings is 1. The van der Waals surface area contributed by atoms with Gasteiger partial charge in [0.25, 0.3) is 0 Å². The van der Waals surface area contributed by atoms with Gasteiger partial charge in [-0.2, -0.15) is 0 Å². The van der Waals surface area contributed by atoms with Gasteiger partial charge < -0.3 is 4.74 Å². The zero-order chi connectivity index (χ0) is 18.9. The quantitative estimate of drug-likeness (QED) is 0.417. The second-order valence-electron chi connectivity index (χ2n) is 6.60. The predicted octanol–water partition coefficient (Wildman–Crippen LogP) is 5.54. The highest BCUT2D eigenvalue weighted by Gasteiger charge is 2.22. The fourth-order valence-corrected chi connectivity index (χ4v) is 5.24. The number of nitrogens with zero attached hydrogens (tertiary/aromatic N) is 4. The molecule has 1 saturated heterocycles. The van der Waals surface area contributed by atoms with Gasteiger partial charge in [-0.05, 0) is 54.2 Å². The SMILES string of the molecule is Clc1ccc2c(Sc3nnc(-c4cccs4)n3C[C@@H]3CCCO3)ccnc2c1. The molecule has 0 aliphatic carbocycles. The molecular weight excluding hydrogens is 412 g/mol. The van der Waals surface area contributed by atoms with Crippen molar-refractivity contribution < 1.29 is 4.74 Å². The first-order valence-corrected chi connectivity index (χ1v) is 11.2. The van der Waals surface area contributed by atoms with E-state index < -0.39 is 0 Å². The number of ether oxygens (including phenoxy) is 1. The number of hydrogen-bond donors (Lipinski definition) is 0. The van der Waals surface area contributed by atoms with Gasteiger partial charge in [0.1, 0.15) is 0 Å². The molecule has 5 nitrogen and oxygen atoms in total. The first kappa shape index (κ1) is 18.1. The minimum Gasteiger partial charge on any atom is -0.376 e. The molecule has 1 aromatic carbocycles. The molecule has 0 saturated carbocycles. The van der Waals surface area contributed by atoms with Crippen LogP contribution in [0, 0.1) is 0 Å². The highest BCUT2D eigenvalue weighted by atomic mass is 35.5. The van der Waals surface area contributed by atoms with E-state index in [9.17, 15) is 0 Å². The topological polar surface area (TPSA) is 52.8 Å². The third-order valence-corrected chi connectivity index (χ3v) is 6.90. The molecule has 5 rings (SSSR count). The van der Waals surface area contributed by atoms with Crippen molar-refractivity contribution in [1.82, 2.24) is 19.7 Å². The third kappa shape index (κ3) is 3.55. The second-order valence-corrected chi connectivity index (χ2v) is 8.99. The van der Waals surface area contributed by atoms with Crippen LogP contribution in [0.2, 0.25) is 5.02 Å². The van der Waals surface area contributed by atoms with E-state index >= 15 is 0 Å². The zero-order valence-electron chi connectivity index (χ0n) is 14.9. The molecule has 1 aliphatic rings. The lowest BCUT2D eigenvalue weighted by Crippen LogP contribution is -2.16. The molecule has 0 bridgehead atoms. The van der Waals surface area contributed by atoms with E-state index in [2.05, 4.69) is 31.2 Å². The van der Waals surface area contributed by atoms with Crippen molar-refractivity contribution in [2.75, 3.05) is 6.61 Å². The van der Waals surface area contributed by atoms with E-state index in [1.54, 1.807) is 23.1 Å². The highest BCUT2D eigenvalue weighted by Crippen LogP contribution is 2.35. The number of fused-ring (bicyclic) bond motifs is 1. The van der Waals surface area contributed by atoms with E-state index in [1.807, 2.05) is 36.5 Å². The molecule has 0 radical (unpaired) electrons. The number of aromatic nitrogens is 4. The molecule has 3 aromatic heterocycles. The summed E-state index contributed by atoms with van der Waals surface area (Å²) >= 11 is 9.41. The fraction of sp³-hybridized carbons (Fsp3) is 0.250. The largest absolute Gasteiger partial charge is 0.376 e. The van der Waals surface area contributed by atoms with Crippen molar-refractivity contribution in [3.63, 3.8) is 0 Å². The van der Waals surface area contributed by atoms with Crippen LogP contribution in [0.25, 0.3) is 21.6 Å². The minimum atomic E-state index is 0.210. The number of rotatable bonds is 5. The second kappa shape index (κ2) is 7.83. The smallest absolute Gasteiger partial charge is 0.196 e. The zero-order valence-corrected chi connectivity index (χ0v) is 17.3. The van der Waals surface area contributed by atoms with Crippen molar-refractivity contribution in [2.45, 2.75) is 35.5 Å². The molecular formula is C20H17ClN4OS2. The predicted molar refractivity (Wildman–Crippen MR) is 113 cm³/mol. The van der Waals surface area contributed by atoms with Gasteiger partial charge in [-0.3, -0.25) is 9.55 Å². The fourth-order valence-electron chi connectivity index (χ4n) is 3.39. The minimum absolute atomic E-state index is 0.210. The molecule has 0 amide bonds.